The van der Waals surface area contributed by atoms with Gasteiger partial charge in [-0.3, -0.25) is 4.68 Å². The first-order chi connectivity index (χ1) is 6.78. The first-order valence-corrected chi connectivity index (χ1v) is 4.81. The van der Waals surface area contributed by atoms with Crippen LogP contribution < -0.4 is 5.73 Å². The Morgan fingerprint density at radius 3 is 2.47 bits per heavy atom. The molecule has 1 heterocycles. The monoisotopic (exact) mass is 218 g/mol. The van der Waals surface area contributed by atoms with Gasteiger partial charge >= 0.3 is 0 Å². The number of halogens is 2. The van der Waals surface area contributed by atoms with Gasteiger partial charge in [0.2, 0.25) is 5.95 Å². The van der Waals surface area contributed by atoms with Crippen LogP contribution >= 0.6 is 0 Å². The summed E-state index contributed by atoms with van der Waals surface area (Å²) in [4.78, 5) is 3.69. The van der Waals surface area contributed by atoms with Crippen molar-refractivity contribution in [2.24, 2.45) is 5.41 Å². The molecule has 0 amide bonds. The normalized spacial score (nSPS) is 13.1. The van der Waals surface area contributed by atoms with Gasteiger partial charge in [0.15, 0.2) is 0 Å². The van der Waals surface area contributed by atoms with Crippen molar-refractivity contribution < 1.29 is 8.78 Å². The molecule has 0 saturated carbocycles. The quantitative estimate of drug-likeness (QED) is 0.840. The van der Waals surface area contributed by atoms with Gasteiger partial charge in [0.1, 0.15) is 6.33 Å². The predicted octanol–water partition coefficient (Wildman–Crippen LogP) is 1.93. The highest BCUT2D eigenvalue weighted by molar-refractivity contribution is 5.09. The fourth-order valence-corrected chi connectivity index (χ4v) is 1.38. The first kappa shape index (κ1) is 11.9. The molecule has 0 fully saturated rings. The second-order valence-electron chi connectivity index (χ2n) is 4.24. The fraction of sp³-hybridized carbons (Fsp3) is 0.778. The van der Waals surface area contributed by atoms with Crippen molar-refractivity contribution in [3.05, 3.63) is 6.33 Å². The molecule has 0 aliphatic carbocycles. The maximum Gasteiger partial charge on any atom is 0.254 e. The lowest BCUT2D eigenvalue weighted by Crippen LogP contribution is -2.39. The summed E-state index contributed by atoms with van der Waals surface area (Å²) in [5.74, 6) is -2.63. The molecule has 15 heavy (non-hydrogen) atoms. The molecule has 0 bridgehead atoms. The van der Waals surface area contributed by atoms with Gasteiger partial charge in [-0.1, -0.05) is 20.8 Å². The number of anilines is 1. The number of nitrogens with zero attached hydrogens (tertiary/aromatic N) is 3. The van der Waals surface area contributed by atoms with Gasteiger partial charge < -0.3 is 5.73 Å². The van der Waals surface area contributed by atoms with Crippen LogP contribution in [-0.4, -0.2) is 20.7 Å². The number of hydrogen-bond donors (Lipinski definition) is 1. The van der Waals surface area contributed by atoms with E-state index in [2.05, 4.69) is 10.1 Å². The standard InChI is InChI=1S/C9H16F2N4/c1-4-9(10,11)8(2,3)5-15-6-13-7(12)14-15/h6H,4-5H2,1-3H3,(H2,12,14). The lowest BCUT2D eigenvalue weighted by Gasteiger charge is -2.33. The minimum atomic E-state index is -2.73. The molecular weight excluding hydrogens is 202 g/mol. The minimum Gasteiger partial charge on any atom is -0.367 e. The van der Waals surface area contributed by atoms with Crippen LogP contribution in [0.4, 0.5) is 14.7 Å². The average molecular weight is 218 g/mol. The molecule has 0 unspecified atom stereocenters. The van der Waals surface area contributed by atoms with Crippen molar-refractivity contribution in [3.8, 4) is 0 Å². The molecule has 2 N–H and O–H groups in total. The van der Waals surface area contributed by atoms with E-state index in [0.29, 0.717) is 0 Å². The highest BCUT2D eigenvalue weighted by Crippen LogP contribution is 2.39. The van der Waals surface area contributed by atoms with Gasteiger partial charge in [0.25, 0.3) is 5.92 Å². The van der Waals surface area contributed by atoms with Crippen molar-refractivity contribution in [2.75, 3.05) is 5.73 Å². The van der Waals surface area contributed by atoms with Crippen molar-refractivity contribution in [2.45, 2.75) is 39.7 Å². The van der Waals surface area contributed by atoms with Gasteiger partial charge in [-0.05, 0) is 0 Å². The summed E-state index contributed by atoms with van der Waals surface area (Å²) >= 11 is 0. The van der Waals surface area contributed by atoms with E-state index in [4.69, 9.17) is 5.73 Å². The van der Waals surface area contributed by atoms with Crippen LogP contribution in [0.2, 0.25) is 0 Å². The third-order valence-corrected chi connectivity index (χ3v) is 2.55. The number of nitrogens with two attached hydrogens (primary N) is 1. The number of nitrogen functional groups attached to an aromatic ring is 1. The summed E-state index contributed by atoms with van der Waals surface area (Å²) < 4.78 is 28.4. The van der Waals surface area contributed by atoms with E-state index in [1.165, 1.54) is 31.8 Å². The van der Waals surface area contributed by atoms with E-state index in [1.54, 1.807) is 0 Å². The lowest BCUT2D eigenvalue weighted by molar-refractivity contribution is -0.116. The summed E-state index contributed by atoms with van der Waals surface area (Å²) in [6, 6.07) is 0. The van der Waals surface area contributed by atoms with Crippen molar-refractivity contribution >= 4 is 5.95 Å². The average Bonchev–Trinajstić information content (AvgIpc) is 2.50. The van der Waals surface area contributed by atoms with Crippen molar-refractivity contribution in [3.63, 3.8) is 0 Å². The predicted molar refractivity (Wildman–Crippen MR) is 53.5 cm³/mol. The maximum atomic E-state index is 13.5. The summed E-state index contributed by atoms with van der Waals surface area (Å²) in [6.07, 6.45) is 1.17. The molecule has 6 heteroatoms. The SMILES string of the molecule is CCC(F)(F)C(C)(C)Cn1cnc(N)n1. The second-order valence-corrected chi connectivity index (χ2v) is 4.24. The van der Waals surface area contributed by atoms with Crippen LogP contribution in [0, 0.1) is 5.41 Å². The van der Waals surface area contributed by atoms with E-state index >= 15 is 0 Å². The molecule has 0 aliphatic heterocycles. The highest BCUT2D eigenvalue weighted by Gasteiger charge is 2.45. The summed E-state index contributed by atoms with van der Waals surface area (Å²) in [5.41, 5.74) is 4.14. The minimum absolute atomic E-state index is 0.0953. The molecule has 4 nitrogen and oxygen atoms in total. The Balaban J connectivity index is 2.80. The van der Waals surface area contributed by atoms with Crippen LogP contribution in [-0.2, 0) is 6.54 Å². The summed E-state index contributed by atoms with van der Waals surface area (Å²) in [7, 11) is 0. The Labute approximate surface area is 87.5 Å². The molecule has 0 spiro atoms. The van der Waals surface area contributed by atoms with Crippen molar-refractivity contribution in [1.29, 1.82) is 0 Å². The van der Waals surface area contributed by atoms with Crippen LogP contribution in [0.1, 0.15) is 27.2 Å². The molecule has 0 aliphatic rings. The van der Waals surface area contributed by atoms with E-state index in [0.717, 1.165) is 0 Å². The van der Waals surface area contributed by atoms with Crippen LogP contribution in [0.25, 0.3) is 0 Å². The van der Waals surface area contributed by atoms with Crippen LogP contribution in [0.15, 0.2) is 6.33 Å². The lowest BCUT2D eigenvalue weighted by atomic mass is 9.84. The molecule has 0 saturated heterocycles. The largest absolute Gasteiger partial charge is 0.367 e. The van der Waals surface area contributed by atoms with Crippen molar-refractivity contribution in [1.82, 2.24) is 14.8 Å². The molecule has 0 atom stereocenters. The highest BCUT2D eigenvalue weighted by atomic mass is 19.3. The van der Waals surface area contributed by atoms with Gasteiger partial charge in [-0.25, -0.2) is 13.8 Å². The summed E-state index contributed by atoms with van der Waals surface area (Å²) in [5, 5.41) is 3.79. The molecule has 1 rings (SSSR count). The molecular formula is C9H16F2N4. The maximum absolute atomic E-state index is 13.5. The number of rotatable bonds is 4. The molecule has 0 aromatic carbocycles. The van der Waals surface area contributed by atoms with E-state index < -0.39 is 11.3 Å². The molecule has 1 aromatic heterocycles. The van der Waals surface area contributed by atoms with Crippen LogP contribution in [0.3, 0.4) is 0 Å². The topological polar surface area (TPSA) is 56.7 Å². The van der Waals surface area contributed by atoms with E-state index in [-0.39, 0.29) is 18.9 Å². The Kier molecular flexibility index (Phi) is 2.97. The molecule has 0 radical (unpaired) electrons. The first-order valence-electron chi connectivity index (χ1n) is 4.81. The fourth-order valence-electron chi connectivity index (χ4n) is 1.38. The molecule has 1 aromatic rings. The molecule has 86 valence electrons. The third kappa shape index (κ3) is 2.43. The Bertz CT molecular complexity index is 333. The van der Waals surface area contributed by atoms with Gasteiger partial charge in [-0.2, -0.15) is 0 Å². The van der Waals surface area contributed by atoms with Crippen LogP contribution in [0.5, 0.6) is 0 Å². The third-order valence-electron chi connectivity index (χ3n) is 2.55. The Morgan fingerprint density at radius 2 is 2.07 bits per heavy atom. The van der Waals surface area contributed by atoms with E-state index in [1.807, 2.05) is 0 Å². The number of aromatic nitrogens is 3. The Hall–Kier alpha value is -1.20. The zero-order valence-corrected chi connectivity index (χ0v) is 9.17. The number of alkyl halides is 2. The zero-order valence-electron chi connectivity index (χ0n) is 9.17. The van der Waals surface area contributed by atoms with Gasteiger partial charge in [0, 0.05) is 11.8 Å². The van der Waals surface area contributed by atoms with E-state index in [9.17, 15) is 8.78 Å². The van der Waals surface area contributed by atoms with Gasteiger partial charge in [0.05, 0.1) is 6.54 Å². The second kappa shape index (κ2) is 3.75. The zero-order chi connectivity index (χ0) is 11.7. The smallest absolute Gasteiger partial charge is 0.254 e. The number of hydrogen-bond acceptors (Lipinski definition) is 3. The summed E-state index contributed by atoms with van der Waals surface area (Å²) in [6.45, 7) is 4.58. The van der Waals surface area contributed by atoms with Gasteiger partial charge in [-0.15, -0.1) is 5.10 Å². The Morgan fingerprint density at radius 1 is 1.47 bits per heavy atom.